The van der Waals surface area contributed by atoms with Gasteiger partial charge in [0, 0.05) is 36.8 Å². The van der Waals surface area contributed by atoms with Gasteiger partial charge in [-0.25, -0.2) is 8.42 Å². The highest BCUT2D eigenvalue weighted by Crippen LogP contribution is 2.25. The lowest BCUT2D eigenvalue weighted by Gasteiger charge is -2.34. The Kier molecular flexibility index (Phi) is 6.06. The highest BCUT2D eigenvalue weighted by atomic mass is 35.5. The minimum absolute atomic E-state index is 0.0719. The van der Waals surface area contributed by atoms with Crippen molar-refractivity contribution in [3.63, 3.8) is 0 Å². The van der Waals surface area contributed by atoms with Crippen LogP contribution in [-0.2, 0) is 10.0 Å². The van der Waals surface area contributed by atoms with Crippen molar-refractivity contribution in [3.05, 3.63) is 59.1 Å². The number of nitrogens with zero attached hydrogens (tertiary/aromatic N) is 2. The van der Waals surface area contributed by atoms with Gasteiger partial charge in [0.2, 0.25) is 10.0 Å². The van der Waals surface area contributed by atoms with Gasteiger partial charge in [-0.05, 0) is 48.5 Å². The predicted molar refractivity (Wildman–Crippen MR) is 99.2 cm³/mol. The molecule has 0 bridgehead atoms. The molecule has 2 aromatic carbocycles. The molecule has 2 aromatic rings. The largest absolute Gasteiger partial charge is 0.573 e. The third-order valence-corrected chi connectivity index (χ3v) is 6.48. The Morgan fingerprint density at radius 2 is 1.48 bits per heavy atom. The number of sulfonamides is 1. The Labute approximate surface area is 170 Å². The SMILES string of the molecule is O=C(c1ccc(Cl)cc1)N1CCN(S(=O)(=O)c2ccc(OC(F)(F)F)cc2)CC1. The highest BCUT2D eigenvalue weighted by molar-refractivity contribution is 7.89. The zero-order valence-electron chi connectivity index (χ0n) is 14.9. The third kappa shape index (κ3) is 5.20. The second kappa shape index (κ2) is 8.21. The van der Waals surface area contributed by atoms with Crippen LogP contribution >= 0.6 is 11.6 Å². The van der Waals surface area contributed by atoms with E-state index in [4.69, 9.17) is 11.6 Å². The second-order valence-corrected chi connectivity index (χ2v) is 8.60. The molecular weight excluding hydrogens is 433 g/mol. The van der Waals surface area contributed by atoms with Crippen LogP contribution in [0, 0.1) is 0 Å². The van der Waals surface area contributed by atoms with Crippen molar-refractivity contribution in [1.29, 1.82) is 0 Å². The number of piperazine rings is 1. The number of benzene rings is 2. The van der Waals surface area contributed by atoms with Crippen molar-refractivity contribution in [2.75, 3.05) is 26.2 Å². The van der Waals surface area contributed by atoms with Crippen LogP contribution in [0.5, 0.6) is 5.75 Å². The first-order valence-electron chi connectivity index (χ1n) is 8.47. The lowest BCUT2D eigenvalue weighted by molar-refractivity contribution is -0.274. The van der Waals surface area contributed by atoms with E-state index in [1.165, 1.54) is 9.21 Å². The van der Waals surface area contributed by atoms with Gasteiger partial charge in [-0.3, -0.25) is 4.79 Å². The summed E-state index contributed by atoms with van der Waals surface area (Å²) in [6.07, 6.45) is -4.85. The van der Waals surface area contributed by atoms with Crippen LogP contribution in [0.25, 0.3) is 0 Å². The maximum absolute atomic E-state index is 12.7. The number of hydrogen-bond donors (Lipinski definition) is 0. The van der Waals surface area contributed by atoms with Gasteiger partial charge >= 0.3 is 6.36 Å². The summed E-state index contributed by atoms with van der Waals surface area (Å²) in [7, 11) is -3.90. The molecule has 3 rings (SSSR count). The molecule has 29 heavy (non-hydrogen) atoms. The normalized spacial score (nSPS) is 15.9. The zero-order chi connectivity index (χ0) is 21.2. The number of halogens is 4. The lowest BCUT2D eigenvalue weighted by atomic mass is 10.2. The fraction of sp³-hybridized carbons (Fsp3) is 0.278. The number of alkyl halides is 3. The van der Waals surface area contributed by atoms with Crippen LogP contribution in [0.15, 0.2) is 53.4 Å². The molecule has 0 unspecified atom stereocenters. The summed E-state index contributed by atoms with van der Waals surface area (Å²) < 4.78 is 67.0. The van der Waals surface area contributed by atoms with E-state index in [0.717, 1.165) is 24.3 Å². The summed E-state index contributed by atoms with van der Waals surface area (Å²) in [5, 5.41) is 0.504. The maximum atomic E-state index is 12.7. The molecule has 1 aliphatic rings. The molecule has 11 heteroatoms. The summed E-state index contributed by atoms with van der Waals surface area (Å²) in [6, 6.07) is 10.4. The van der Waals surface area contributed by atoms with E-state index >= 15 is 0 Å². The number of hydrogen-bond acceptors (Lipinski definition) is 4. The van der Waals surface area contributed by atoms with Gasteiger partial charge in [0.1, 0.15) is 5.75 Å². The molecule has 0 aliphatic carbocycles. The standard InChI is InChI=1S/C18H16ClF3N2O4S/c19-14-3-1-13(2-4-14)17(25)23-9-11-24(12-10-23)29(26,27)16-7-5-15(6-8-16)28-18(20,21)22/h1-8H,9-12H2. The minimum atomic E-state index is -4.85. The van der Waals surface area contributed by atoms with Crippen LogP contribution < -0.4 is 4.74 Å². The number of ether oxygens (including phenoxy) is 1. The van der Waals surface area contributed by atoms with Gasteiger partial charge in [0.25, 0.3) is 5.91 Å². The number of amides is 1. The van der Waals surface area contributed by atoms with E-state index in [2.05, 4.69) is 4.74 Å². The molecule has 1 amide bonds. The van der Waals surface area contributed by atoms with E-state index in [-0.39, 0.29) is 37.0 Å². The topological polar surface area (TPSA) is 66.9 Å². The van der Waals surface area contributed by atoms with Crippen molar-refractivity contribution in [2.24, 2.45) is 0 Å². The highest BCUT2D eigenvalue weighted by Gasteiger charge is 2.32. The molecule has 0 radical (unpaired) electrons. The Morgan fingerprint density at radius 1 is 0.931 bits per heavy atom. The summed E-state index contributed by atoms with van der Waals surface area (Å²) in [5.74, 6) is -0.734. The van der Waals surface area contributed by atoms with Crippen LogP contribution in [0.1, 0.15) is 10.4 Å². The first-order chi connectivity index (χ1) is 13.6. The molecule has 1 aliphatic heterocycles. The lowest BCUT2D eigenvalue weighted by Crippen LogP contribution is -2.50. The quantitative estimate of drug-likeness (QED) is 0.719. The first-order valence-corrected chi connectivity index (χ1v) is 10.3. The van der Waals surface area contributed by atoms with E-state index in [9.17, 15) is 26.4 Å². The van der Waals surface area contributed by atoms with Crippen molar-refractivity contribution in [3.8, 4) is 5.75 Å². The number of carbonyl (C=O) groups is 1. The van der Waals surface area contributed by atoms with E-state index in [1.54, 1.807) is 24.3 Å². The summed E-state index contributed by atoms with van der Waals surface area (Å²) in [6.45, 7) is 0.525. The first kappa shape index (κ1) is 21.4. The van der Waals surface area contributed by atoms with Gasteiger partial charge in [0.15, 0.2) is 0 Å². The maximum Gasteiger partial charge on any atom is 0.573 e. The third-order valence-electron chi connectivity index (χ3n) is 4.31. The summed E-state index contributed by atoms with van der Waals surface area (Å²) in [4.78, 5) is 13.9. The fourth-order valence-electron chi connectivity index (χ4n) is 2.87. The van der Waals surface area contributed by atoms with Gasteiger partial charge in [-0.15, -0.1) is 13.2 Å². The van der Waals surface area contributed by atoms with Gasteiger partial charge in [-0.2, -0.15) is 4.31 Å². The fourth-order valence-corrected chi connectivity index (χ4v) is 4.42. The van der Waals surface area contributed by atoms with E-state index in [1.807, 2.05) is 0 Å². The molecular formula is C18H16ClF3N2O4S. The Morgan fingerprint density at radius 3 is 2.00 bits per heavy atom. The minimum Gasteiger partial charge on any atom is -0.406 e. The molecule has 0 aromatic heterocycles. The molecule has 6 nitrogen and oxygen atoms in total. The smallest absolute Gasteiger partial charge is 0.406 e. The predicted octanol–water partition coefficient (Wildman–Crippen LogP) is 3.39. The molecule has 0 N–H and O–H groups in total. The Bertz CT molecular complexity index is 972. The summed E-state index contributed by atoms with van der Waals surface area (Å²) in [5.41, 5.74) is 0.450. The average Bonchev–Trinajstić information content (AvgIpc) is 2.67. The number of rotatable bonds is 4. The summed E-state index contributed by atoms with van der Waals surface area (Å²) >= 11 is 5.81. The van der Waals surface area contributed by atoms with Gasteiger partial charge < -0.3 is 9.64 Å². The van der Waals surface area contributed by atoms with E-state index in [0.29, 0.717) is 10.6 Å². The second-order valence-electron chi connectivity index (χ2n) is 6.22. The van der Waals surface area contributed by atoms with Crippen LogP contribution in [0.2, 0.25) is 5.02 Å². The molecule has 0 atom stereocenters. The van der Waals surface area contributed by atoms with Crippen molar-refractivity contribution >= 4 is 27.5 Å². The van der Waals surface area contributed by atoms with Crippen LogP contribution in [-0.4, -0.2) is 56.1 Å². The zero-order valence-corrected chi connectivity index (χ0v) is 16.5. The molecule has 0 spiro atoms. The molecule has 1 heterocycles. The average molecular weight is 449 g/mol. The molecule has 1 fully saturated rings. The van der Waals surface area contributed by atoms with Crippen molar-refractivity contribution < 1.29 is 31.1 Å². The van der Waals surface area contributed by atoms with E-state index < -0.39 is 22.1 Å². The van der Waals surface area contributed by atoms with Crippen LogP contribution in [0.3, 0.4) is 0 Å². The molecule has 0 saturated carbocycles. The molecule has 1 saturated heterocycles. The van der Waals surface area contributed by atoms with Crippen LogP contribution in [0.4, 0.5) is 13.2 Å². The monoisotopic (exact) mass is 448 g/mol. The van der Waals surface area contributed by atoms with Crippen molar-refractivity contribution in [1.82, 2.24) is 9.21 Å². The Balaban J connectivity index is 1.65. The van der Waals surface area contributed by atoms with Crippen molar-refractivity contribution in [2.45, 2.75) is 11.3 Å². The Hall–Kier alpha value is -2.30. The molecule has 156 valence electrons. The van der Waals surface area contributed by atoms with Gasteiger partial charge in [-0.1, -0.05) is 11.6 Å². The number of carbonyl (C=O) groups excluding carboxylic acids is 1. The van der Waals surface area contributed by atoms with Gasteiger partial charge in [0.05, 0.1) is 4.90 Å².